The lowest BCUT2D eigenvalue weighted by Gasteiger charge is -2.13. The van der Waals surface area contributed by atoms with Crippen LogP contribution >= 0.6 is 11.3 Å². The van der Waals surface area contributed by atoms with Gasteiger partial charge < -0.3 is 15.5 Å². The number of hydrogen-bond donors (Lipinski definition) is 3. The smallest absolute Gasteiger partial charge is 0.325 e. The first-order chi connectivity index (χ1) is 9.16. The second kappa shape index (κ2) is 6.36. The first-order valence-electron chi connectivity index (χ1n) is 5.93. The van der Waals surface area contributed by atoms with Gasteiger partial charge in [0, 0.05) is 6.54 Å². The number of rotatable bonds is 6. The van der Waals surface area contributed by atoms with Gasteiger partial charge >= 0.3 is 5.97 Å². The Labute approximate surface area is 115 Å². The predicted molar refractivity (Wildman–Crippen MR) is 74.5 cm³/mol. The third-order valence-electron chi connectivity index (χ3n) is 2.82. The Kier molecular flexibility index (Phi) is 4.54. The molecule has 0 spiro atoms. The molecule has 0 saturated carbocycles. The fraction of sp³-hybridized carbons (Fsp3) is 0.214. The molecule has 0 aliphatic heterocycles. The number of phenols is 1. The van der Waals surface area contributed by atoms with Gasteiger partial charge in [0.25, 0.3) is 0 Å². The molecule has 0 saturated heterocycles. The quantitative estimate of drug-likeness (QED) is 0.758. The van der Waals surface area contributed by atoms with Crippen molar-refractivity contribution in [1.82, 2.24) is 5.32 Å². The van der Waals surface area contributed by atoms with Crippen LogP contribution in [0.1, 0.15) is 17.2 Å². The Morgan fingerprint density at radius 2 is 2.00 bits per heavy atom. The molecule has 19 heavy (non-hydrogen) atoms. The number of hydrogen-bond acceptors (Lipinski definition) is 4. The summed E-state index contributed by atoms with van der Waals surface area (Å²) in [6, 6.07) is 8.07. The zero-order chi connectivity index (χ0) is 13.7. The molecule has 2 aromatic rings. The van der Waals surface area contributed by atoms with E-state index in [9.17, 15) is 15.0 Å². The number of benzene rings is 1. The minimum absolute atomic E-state index is 0.235. The Balaban J connectivity index is 1.90. The van der Waals surface area contributed by atoms with E-state index in [1.165, 1.54) is 11.3 Å². The van der Waals surface area contributed by atoms with Crippen LogP contribution in [0.5, 0.6) is 5.75 Å². The number of phenolic OH excluding ortho intramolecular Hbond substituents is 1. The van der Waals surface area contributed by atoms with Crippen LogP contribution in [-0.2, 0) is 11.2 Å². The van der Waals surface area contributed by atoms with Crippen molar-refractivity contribution in [3.05, 3.63) is 52.2 Å². The molecule has 3 N–H and O–H groups in total. The monoisotopic (exact) mass is 277 g/mol. The highest BCUT2D eigenvalue weighted by Gasteiger charge is 2.18. The molecule has 1 atom stereocenters. The molecule has 100 valence electrons. The first kappa shape index (κ1) is 13.6. The SMILES string of the molecule is O=C(O)C(NCCc1ccc(O)cc1)c1ccsc1. The number of carboxylic acid groups (broad SMARTS) is 1. The molecule has 0 fully saturated rings. The summed E-state index contributed by atoms with van der Waals surface area (Å²) in [6.07, 6.45) is 0.716. The van der Waals surface area contributed by atoms with E-state index in [1.54, 1.807) is 12.1 Å². The number of nitrogens with one attached hydrogen (secondary N) is 1. The van der Waals surface area contributed by atoms with E-state index in [0.717, 1.165) is 11.1 Å². The van der Waals surface area contributed by atoms with E-state index >= 15 is 0 Å². The third kappa shape index (κ3) is 3.81. The van der Waals surface area contributed by atoms with Crippen molar-refractivity contribution < 1.29 is 15.0 Å². The highest BCUT2D eigenvalue weighted by molar-refractivity contribution is 7.08. The Morgan fingerprint density at radius 3 is 2.58 bits per heavy atom. The second-order valence-electron chi connectivity index (χ2n) is 4.20. The number of carbonyl (C=O) groups is 1. The molecule has 0 aliphatic rings. The van der Waals surface area contributed by atoms with Gasteiger partial charge in [0.1, 0.15) is 11.8 Å². The lowest BCUT2D eigenvalue weighted by molar-refractivity contribution is -0.139. The molecule has 2 rings (SSSR count). The molecular formula is C14H15NO3S. The fourth-order valence-electron chi connectivity index (χ4n) is 1.81. The normalized spacial score (nSPS) is 12.2. The largest absolute Gasteiger partial charge is 0.508 e. The molecule has 0 aliphatic carbocycles. The van der Waals surface area contributed by atoms with Crippen molar-refractivity contribution >= 4 is 17.3 Å². The lowest BCUT2D eigenvalue weighted by atomic mass is 10.1. The maximum absolute atomic E-state index is 11.2. The van der Waals surface area contributed by atoms with Gasteiger partial charge in [0.2, 0.25) is 0 Å². The number of carboxylic acids is 1. The van der Waals surface area contributed by atoms with E-state index in [4.69, 9.17) is 0 Å². The zero-order valence-corrected chi connectivity index (χ0v) is 11.1. The maximum Gasteiger partial charge on any atom is 0.325 e. The molecule has 5 heteroatoms. The third-order valence-corrected chi connectivity index (χ3v) is 3.52. The van der Waals surface area contributed by atoms with Gasteiger partial charge in [-0.15, -0.1) is 0 Å². The lowest BCUT2D eigenvalue weighted by Crippen LogP contribution is -2.29. The zero-order valence-electron chi connectivity index (χ0n) is 10.2. The van der Waals surface area contributed by atoms with Crippen LogP contribution in [0.25, 0.3) is 0 Å². The van der Waals surface area contributed by atoms with Gasteiger partial charge in [-0.05, 0) is 46.5 Å². The Bertz CT molecular complexity index is 522. The van der Waals surface area contributed by atoms with E-state index in [-0.39, 0.29) is 5.75 Å². The van der Waals surface area contributed by atoms with E-state index in [2.05, 4.69) is 5.32 Å². The van der Waals surface area contributed by atoms with Gasteiger partial charge in [-0.2, -0.15) is 11.3 Å². The molecule has 4 nitrogen and oxygen atoms in total. The van der Waals surface area contributed by atoms with Crippen LogP contribution in [-0.4, -0.2) is 22.7 Å². The maximum atomic E-state index is 11.2. The summed E-state index contributed by atoms with van der Waals surface area (Å²) in [6.45, 7) is 0.567. The van der Waals surface area contributed by atoms with Gasteiger partial charge in [0.15, 0.2) is 0 Å². The minimum Gasteiger partial charge on any atom is -0.508 e. The van der Waals surface area contributed by atoms with Crippen molar-refractivity contribution in [2.45, 2.75) is 12.5 Å². The van der Waals surface area contributed by atoms with Crippen LogP contribution in [0.4, 0.5) is 0 Å². The minimum atomic E-state index is -0.871. The van der Waals surface area contributed by atoms with Gasteiger partial charge in [-0.1, -0.05) is 12.1 Å². The van der Waals surface area contributed by atoms with Crippen LogP contribution in [0.3, 0.4) is 0 Å². The first-order valence-corrected chi connectivity index (χ1v) is 6.87. The molecule has 0 bridgehead atoms. The van der Waals surface area contributed by atoms with Crippen molar-refractivity contribution in [2.24, 2.45) is 0 Å². The summed E-state index contributed by atoms with van der Waals surface area (Å²) in [5.41, 5.74) is 1.84. The van der Waals surface area contributed by atoms with E-state index in [0.29, 0.717) is 13.0 Å². The topological polar surface area (TPSA) is 69.6 Å². The van der Waals surface area contributed by atoms with Gasteiger partial charge in [0.05, 0.1) is 0 Å². The summed E-state index contributed by atoms with van der Waals surface area (Å²) in [4.78, 5) is 11.2. The fourth-order valence-corrected chi connectivity index (χ4v) is 2.50. The van der Waals surface area contributed by atoms with Crippen molar-refractivity contribution in [3.8, 4) is 5.75 Å². The second-order valence-corrected chi connectivity index (χ2v) is 4.98. The van der Waals surface area contributed by atoms with Crippen LogP contribution in [0.15, 0.2) is 41.1 Å². The summed E-state index contributed by atoms with van der Waals surface area (Å²) in [5.74, 6) is -0.637. The standard InChI is InChI=1S/C14H15NO3S/c16-12-3-1-10(2-4-12)5-7-15-13(14(17)18)11-6-8-19-9-11/h1-4,6,8-9,13,15-16H,5,7H2,(H,17,18). The predicted octanol–water partition coefficient (Wildman–Crippen LogP) is 2.41. The Hall–Kier alpha value is -1.85. The van der Waals surface area contributed by atoms with Crippen LogP contribution in [0, 0.1) is 0 Å². The number of aliphatic carboxylic acids is 1. The van der Waals surface area contributed by atoms with Crippen molar-refractivity contribution in [1.29, 1.82) is 0 Å². The van der Waals surface area contributed by atoms with Crippen LogP contribution in [0.2, 0.25) is 0 Å². The average Bonchev–Trinajstić information content (AvgIpc) is 2.90. The molecule has 1 aromatic heterocycles. The summed E-state index contributed by atoms with van der Waals surface area (Å²) in [5, 5.41) is 25.1. The van der Waals surface area contributed by atoms with Crippen molar-refractivity contribution in [2.75, 3.05) is 6.54 Å². The molecule has 0 radical (unpaired) electrons. The number of thiophene rings is 1. The average molecular weight is 277 g/mol. The summed E-state index contributed by atoms with van der Waals surface area (Å²) >= 11 is 1.49. The summed E-state index contributed by atoms with van der Waals surface area (Å²) in [7, 11) is 0. The van der Waals surface area contributed by atoms with Crippen molar-refractivity contribution in [3.63, 3.8) is 0 Å². The summed E-state index contributed by atoms with van der Waals surface area (Å²) < 4.78 is 0. The van der Waals surface area contributed by atoms with E-state index < -0.39 is 12.0 Å². The highest BCUT2D eigenvalue weighted by atomic mass is 32.1. The Morgan fingerprint density at radius 1 is 1.26 bits per heavy atom. The highest BCUT2D eigenvalue weighted by Crippen LogP contribution is 2.17. The van der Waals surface area contributed by atoms with E-state index in [1.807, 2.05) is 29.0 Å². The molecular weight excluding hydrogens is 262 g/mol. The van der Waals surface area contributed by atoms with Gasteiger partial charge in [-0.25, -0.2) is 0 Å². The molecule has 1 heterocycles. The molecule has 1 unspecified atom stereocenters. The van der Waals surface area contributed by atoms with Crippen LogP contribution < -0.4 is 5.32 Å². The molecule has 0 amide bonds. The molecule has 1 aromatic carbocycles. The number of aromatic hydroxyl groups is 1. The van der Waals surface area contributed by atoms with Gasteiger partial charge in [-0.3, -0.25) is 4.79 Å².